The number of nitrogens with zero attached hydrogens (tertiary/aromatic N) is 4. The van der Waals surface area contributed by atoms with E-state index in [-0.39, 0.29) is 18.1 Å². The number of hydrogen-bond acceptors (Lipinski definition) is 6. The largest absolute Gasteiger partial charge is 0.346 e. The first-order valence-corrected chi connectivity index (χ1v) is 7.64. The number of amides is 1. The third-order valence-electron chi connectivity index (χ3n) is 3.54. The minimum absolute atomic E-state index is 0.106. The summed E-state index contributed by atoms with van der Waals surface area (Å²) in [4.78, 5) is 36.5. The maximum atomic E-state index is 12.7. The SMILES string of the molecule is CCCc1nc(CN(C)C(=O)c2nc(=O)[nH]c3ccccc23)no1. The number of nitrogens with one attached hydrogen (secondary N) is 1. The number of hydrogen-bond donors (Lipinski definition) is 1. The molecule has 24 heavy (non-hydrogen) atoms. The third kappa shape index (κ3) is 3.17. The first-order chi connectivity index (χ1) is 11.6. The number of aryl methyl sites for hydroxylation is 1. The Morgan fingerprint density at radius 1 is 1.29 bits per heavy atom. The van der Waals surface area contributed by atoms with Gasteiger partial charge in [-0.1, -0.05) is 30.3 Å². The molecule has 0 saturated heterocycles. The van der Waals surface area contributed by atoms with Gasteiger partial charge in [-0.3, -0.25) is 4.79 Å². The average molecular weight is 327 g/mol. The number of carbonyl (C=O) groups is 1. The fourth-order valence-corrected chi connectivity index (χ4v) is 2.40. The Bertz CT molecular complexity index is 931. The molecule has 0 aliphatic rings. The van der Waals surface area contributed by atoms with Gasteiger partial charge in [0.2, 0.25) is 5.89 Å². The van der Waals surface area contributed by atoms with Crippen LogP contribution in [0.3, 0.4) is 0 Å². The van der Waals surface area contributed by atoms with Gasteiger partial charge in [-0.2, -0.15) is 9.97 Å². The molecule has 0 atom stereocenters. The summed E-state index contributed by atoms with van der Waals surface area (Å²) in [5, 5.41) is 4.45. The number of carbonyl (C=O) groups excluding carboxylic acids is 1. The van der Waals surface area contributed by atoms with Gasteiger partial charge in [-0.05, 0) is 12.5 Å². The number of rotatable bonds is 5. The van der Waals surface area contributed by atoms with E-state index in [0.29, 0.717) is 29.0 Å². The van der Waals surface area contributed by atoms with Crippen LogP contribution in [0.2, 0.25) is 0 Å². The normalized spacial score (nSPS) is 10.9. The van der Waals surface area contributed by atoms with Crippen LogP contribution in [-0.2, 0) is 13.0 Å². The van der Waals surface area contributed by atoms with Crippen LogP contribution in [0.25, 0.3) is 10.9 Å². The Balaban J connectivity index is 1.86. The van der Waals surface area contributed by atoms with Gasteiger partial charge in [-0.25, -0.2) is 4.79 Å². The summed E-state index contributed by atoms with van der Waals surface area (Å²) >= 11 is 0. The van der Waals surface area contributed by atoms with Gasteiger partial charge in [0.05, 0.1) is 12.1 Å². The number of fused-ring (bicyclic) bond motifs is 1. The number of para-hydroxylation sites is 1. The van der Waals surface area contributed by atoms with Crippen molar-refractivity contribution in [3.63, 3.8) is 0 Å². The van der Waals surface area contributed by atoms with E-state index in [9.17, 15) is 9.59 Å². The minimum Gasteiger partial charge on any atom is -0.339 e. The Labute approximate surface area is 137 Å². The Hall–Kier alpha value is -3.03. The summed E-state index contributed by atoms with van der Waals surface area (Å²) in [6.07, 6.45) is 1.60. The molecule has 0 unspecified atom stereocenters. The maximum absolute atomic E-state index is 12.7. The molecule has 124 valence electrons. The molecule has 0 fully saturated rings. The molecule has 8 nitrogen and oxygen atoms in total. The summed E-state index contributed by atoms with van der Waals surface area (Å²) in [6, 6.07) is 7.04. The highest BCUT2D eigenvalue weighted by molar-refractivity contribution is 6.03. The maximum Gasteiger partial charge on any atom is 0.346 e. The number of aromatic amines is 1. The fraction of sp³-hybridized carbons (Fsp3) is 0.312. The molecular weight excluding hydrogens is 310 g/mol. The van der Waals surface area contributed by atoms with Crippen molar-refractivity contribution in [3.05, 3.63) is 52.2 Å². The molecule has 0 aliphatic heterocycles. The van der Waals surface area contributed by atoms with E-state index in [1.807, 2.05) is 6.92 Å². The van der Waals surface area contributed by atoms with Crippen molar-refractivity contribution in [2.24, 2.45) is 0 Å². The van der Waals surface area contributed by atoms with E-state index >= 15 is 0 Å². The molecule has 2 heterocycles. The highest BCUT2D eigenvalue weighted by Gasteiger charge is 2.19. The number of aromatic nitrogens is 4. The molecule has 0 aliphatic carbocycles. The Morgan fingerprint density at radius 2 is 2.08 bits per heavy atom. The summed E-state index contributed by atoms with van der Waals surface area (Å²) in [5.74, 6) is 0.593. The van der Waals surface area contributed by atoms with Crippen LogP contribution in [0.1, 0.15) is 35.5 Å². The van der Waals surface area contributed by atoms with Crippen LogP contribution in [-0.4, -0.2) is 38.0 Å². The topological polar surface area (TPSA) is 105 Å². The van der Waals surface area contributed by atoms with Crippen LogP contribution in [0, 0.1) is 0 Å². The van der Waals surface area contributed by atoms with Gasteiger partial charge in [0.25, 0.3) is 5.91 Å². The zero-order valence-corrected chi connectivity index (χ0v) is 13.4. The van der Waals surface area contributed by atoms with Crippen molar-refractivity contribution in [2.45, 2.75) is 26.3 Å². The highest BCUT2D eigenvalue weighted by Crippen LogP contribution is 2.15. The minimum atomic E-state index is -0.560. The van der Waals surface area contributed by atoms with Crippen molar-refractivity contribution < 1.29 is 9.32 Å². The van der Waals surface area contributed by atoms with Crippen molar-refractivity contribution in [3.8, 4) is 0 Å². The molecule has 1 aromatic carbocycles. The van der Waals surface area contributed by atoms with Gasteiger partial charge >= 0.3 is 5.69 Å². The third-order valence-corrected chi connectivity index (χ3v) is 3.54. The second kappa shape index (κ2) is 6.61. The molecular formula is C16H17N5O3. The van der Waals surface area contributed by atoms with E-state index in [1.54, 1.807) is 31.3 Å². The van der Waals surface area contributed by atoms with E-state index in [0.717, 1.165) is 6.42 Å². The van der Waals surface area contributed by atoms with E-state index in [1.165, 1.54) is 4.90 Å². The zero-order valence-electron chi connectivity index (χ0n) is 13.4. The molecule has 1 N–H and O–H groups in total. The Morgan fingerprint density at radius 3 is 2.88 bits per heavy atom. The summed E-state index contributed by atoms with van der Waals surface area (Å²) in [6.45, 7) is 2.19. The van der Waals surface area contributed by atoms with Crippen LogP contribution < -0.4 is 5.69 Å². The molecule has 0 bridgehead atoms. The molecule has 0 saturated carbocycles. The number of benzene rings is 1. The lowest BCUT2D eigenvalue weighted by atomic mass is 10.1. The summed E-state index contributed by atoms with van der Waals surface area (Å²) in [7, 11) is 1.61. The lowest BCUT2D eigenvalue weighted by Crippen LogP contribution is -2.30. The van der Waals surface area contributed by atoms with E-state index in [2.05, 4.69) is 20.1 Å². The lowest BCUT2D eigenvalue weighted by Gasteiger charge is -2.15. The number of H-pyrrole nitrogens is 1. The molecule has 8 heteroatoms. The second-order valence-corrected chi connectivity index (χ2v) is 5.45. The van der Waals surface area contributed by atoms with Gasteiger partial charge in [0.1, 0.15) is 5.69 Å². The standard InChI is InChI=1S/C16H17N5O3/c1-3-6-13-18-12(20-24-13)9-21(2)15(22)14-10-7-4-5-8-11(10)17-16(23)19-14/h4-5,7-8H,3,6,9H2,1-2H3,(H,17,19,23). The summed E-state index contributed by atoms with van der Waals surface area (Å²) in [5.41, 5.74) is 0.114. The molecule has 1 amide bonds. The van der Waals surface area contributed by atoms with Crippen molar-refractivity contribution >= 4 is 16.8 Å². The van der Waals surface area contributed by atoms with Crippen LogP contribution >= 0.6 is 0 Å². The van der Waals surface area contributed by atoms with Gasteiger partial charge < -0.3 is 14.4 Å². The van der Waals surface area contributed by atoms with Crippen LogP contribution in [0.15, 0.2) is 33.6 Å². The van der Waals surface area contributed by atoms with E-state index in [4.69, 9.17) is 4.52 Å². The molecule has 3 rings (SSSR count). The molecule has 0 radical (unpaired) electrons. The lowest BCUT2D eigenvalue weighted by molar-refractivity contribution is 0.0776. The predicted octanol–water partition coefficient (Wildman–Crippen LogP) is 1.53. The second-order valence-electron chi connectivity index (χ2n) is 5.45. The van der Waals surface area contributed by atoms with E-state index < -0.39 is 5.69 Å². The first kappa shape index (κ1) is 15.9. The van der Waals surface area contributed by atoms with Gasteiger partial charge in [0.15, 0.2) is 5.82 Å². The molecule has 3 aromatic rings. The Kier molecular flexibility index (Phi) is 4.37. The first-order valence-electron chi connectivity index (χ1n) is 7.64. The predicted molar refractivity (Wildman–Crippen MR) is 86.5 cm³/mol. The smallest absolute Gasteiger partial charge is 0.339 e. The van der Waals surface area contributed by atoms with Gasteiger partial charge in [-0.15, -0.1) is 0 Å². The monoisotopic (exact) mass is 327 g/mol. The van der Waals surface area contributed by atoms with Crippen molar-refractivity contribution in [2.75, 3.05) is 7.05 Å². The van der Waals surface area contributed by atoms with Crippen molar-refractivity contribution in [1.82, 2.24) is 25.0 Å². The summed E-state index contributed by atoms with van der Waals surface area (Å²) < 4.78 is 5.11. The van der Waals surface area contributed by atoms with Crippen molar-refractivity contribution in [1.29, 1.82) is 0 Å². The average Bonchev–Trinajstić information content (AvgIpc) is 3.00. The quantitative estimate of drug-likeness (QED) is 0.762. The van der Waals surface area contributed by atoms with Gasteiger partial charge in [0, 0.05) is 18.9 Å². The fourth-order valence-electron chi connectivity index (χ4n) is 2.40. The highest BCUT2D eigenvalue weighted by atomic mass is 16.5. The van der Waals surface area contributed by atoms with Crippen LogP contribution in [0.5, 0.6) is 0 Å². The molecule has 2 aromatic heterocycles. The van der Waals surface area contributed by atoms with Crippen LogP contribution in [0.4, 0.5) is 0 Å². The molecule has 0 spiro atoms. The zero-order chi connectivity index (χ0) is 17.1.